The molecule has 0 bridgehead atoms. The maximum absolute atomic E-state index is 11.9. The summed E-state index contributed by atoms with van der Waals surface area (Å²) in [4.78, 5) is 23.7. The van der Waals surface area contributed by atoms with Gasteiger partial charge in [-0.2, -0.15) is 0 Å². The van der Waals surface area contributed by atoms with Gasteiger partial charge in [-0.15, -0.1) is 0 Å². The summed E-state index contributed by atoms with van der Waals surface area (Å²) in [5.74, 6) is -0.693. The van der Waals surface area contributed by atoms with Crippen LogP contribution in [0.5, 0.6) is 0 Å². The lowest BCUT2D eigenvalue weighted by atomic mass is 10.1. The lowest BCUT2D eigenvalue weighted by Crippen LogP contribution is -2.28. The molecule has 0 aromatic rings. The summed E-state index contributed by atoms with van der Waals surface area (Å²) in [5, 5.41) is 18.1. The molecule has 0 spiro atoms. The van der Waals surface area contributed by atoms with Crippen LogP contribution in [0.1, 0.15) is 110 Å². The highest BCUT2D eigenvalue weighted by Crippen LogP contribution is 2.08. The van der Waals surface area contributed by atoms with E-state index in [1.807, 2.05) is 0 Å². The maximum atomic E-state index is 11.9. The molecule has 6 nitrogen and oxygen atoms in total. The highest BCUT2D eigenvalue weighted by Gasteiger charge is 2.15. The van der Waals surface area contributed by atoms with Gasteiger partial charge in [0.15, 0.2) is 6.10 Å². The fourth-order valence-electron chi connectivity index (χ4n) is 3.46. The fraction of sp³-hybridized carbons (Fsp3) is 0.677. The molecule has 2 N–H and O–H groups in total. The van der Waals surface area contributed by atoms with Gasteiger partial charge in [0.1, 0.15) is 6.61 Å². The molecule has 0 aromatic carbocycles. The van der Waals surface area contributed by atoms with E-state index in [2.05, 4.69) is 55.5 Å². The van der Waals surface area contributed by atoms with Gasteiger partial charge < -0.3 is 19.7 Å². The first-order valence-electron chi connectivity index (χ1n) is 14.3. The first kappa shape index (κ1) is 34.8. The van der Waals surface area contributed by atoms with E-state index in [1.165, 1.54) is 6.42 Å². The van der Waals surface area contributed by atoms with Gasteiger partial charge >= 0.3 is 11.9 Å². The Morgan fingerprint density at radius 3 is 1.78 bits per heavy atom. The Morgan fingerprint density at radius 1 is 0.649 bits per heavy atom. The SMILES string of the molecule is CCCCCCCC(=O)O[C@@H](CO)COC(=O)CCC/C=C\C/C=C\C/C=C\C/C=C\CCCCCO. The van der Waals surface area contributed by atoms with Crippen molar-refractivity contribution in [2.75, 3.05) is 19.8 Å². The average Bonchev–Trinajstić information content (AvgIpc) is 2.90. The Bertz CT molecular complexity index is 650. The van der Waals surface area contributed by atoms with Crippen LogP contribution >= 0.6 is 0 Å². The highest BCUT2D eigenvalue weighted by atomic mass is 16.6. The van der Waals surface area contributed by atoms with Gasteiger partial charge in [0.25, 0.3) is 0 Å². The Morgan fingerprint density at radius 2 is 1.19 bits per heavy atom. The molecule has 6 heteroatoms. The molecule has 0 saturated carbocycles. The van der Waals surface area contributed by atoms with Crippen molar-refractivity contribution in [1.29, 1.82) is 0 Å². The molecule has 0 saturated heterocycles. The van der Waals surface area contributed by atoms with E-state index in [0.29, 0.717) is 25.9 Å². The van der Waals surface area contributed by atoms with Crippen LogP contribution in [0.4, 0.5) is 0 Å². The number of esters is 2. The molecule has 0 fully saturated rings. The minimum atomic E-state index is -0.794. The van der Waals surface area contributed by atoms with Crippen molar-refractivity contribution in [3.63, 3.8) is 0 Å². The van der Waals surface area contributed by atoms with Crippen molar-refractivity contribution in [3.05, 3.63) is 48.6 Å². The molecule has 0 aromatic heterocycles. The van der Waals surface area contributed by atoms with Gasteiger partial charge in [-0.25, -0.2) is 0 Å². The van der Waals surface area contributed by atoms with E-state index in [1.54, 1.807) is 0 Å². The number of carbonyl (C=O) groups excluding carboxylic acids is 2. The van der Waals surface area contributed by atoms with E-state index in [-0.39, 0.29) is 25.2 Å². The predicted molar refractivity (Wildman–Crippen MR) is 151 cm³/mol. The number of aliphatic hydroxyl groups is 2. The van der Waals surface area contributed by atoms with Gasteiger partial charge in [0.2, 0.25) is 0 Å². The van der Waals surface area contributed by atoms with Crippen LogP contribution in [0.25, 0.3) is 0 Å². The summed E-state index contributed by atoms with van der Waals surface area (Å²) in [7, 11) is 0. The van der Waals surface area contributed by atoms with Crippen molar-refractivity contribution < 1.29 is 29.3 Å². The molecule has 0 aliphatic rings. The third-order valence-corrected chi connectivity index (χ3v) is 5.68. The number of hydrogen-bond acceptors (Lipinski definition) is 6. The number of rotatable bonds is 25. The van der Waals surface area contributed by atoms with Gasteiger partial charge in [0, 0.05) is 19.4 Å². The first-order valence-corrected chi connectivity index (χ1v) is 14.3. The topological polar surface area (TPSA) is 93.1 Å². The number of allylic oxidation sites excluding steroid dienone is 8. The number of unbranched alkanes of at least 4 members (excludes halogenated alkanes) is 8. The zero-order chi connectivity index (χ0) is 27.2. The number of ether oxygens (including phenoxy) is 2. The van der Waals surface area contributed by atoms with E-state index < -0.39 is 6.10 Å². The predicted octanol–water partition coefficient (Wildman–Crippen LogP) is 6.91. The summed E-state index contributed by atoms with van der Waals surface area (Å²) in [5.41, 5.74) is 0. The minimum absolute atomic E-state index is 0.103. The van der Waals surface area contributed by atoms with Gasteiger partial charge in [0.05, 0.1) is 6.61 Å². The van der Waals surface area contributed by atoms with Crippen LogP contribution in [0.15, 0.2) is 48.6 Å². The van der Waals surface area contributed by atoms with Crippen molar-refractivity contribution in [2.24, 2.45) is 0 Å². The molecule has 37 heavy (non-hydrogen) atoms. The van der Waals surface area contributed by atoms with Crippen LogP contribution in [-0.2, 0) is 19.1 Å². The van der Waals surface area contributed by atoms with Crippen LogP contribution < -0.4 is 0 Å². The average molecular weight is 521 g/mol. The Labute approximate surface area is 225 Å². The minimum Gasteiger partial charge on any atom is -0.462 e. The molecule has 0 heterocycles. The molecule has 0 aliphatic carbocycles. The highest BCUT2D eigenvalue weighted by molar-refractivity contribution is 5.70. The molecule has 212 valence electrons. The smallest absolute Gasteiger partial charge is 0.306 e. The molecule has 0 aliphatic heterocycles. The second kappa shape index (κ2) is 28.4. The standard InChI is InChI=1S/C31H52O6/c1-2-3-4-18-22-25-31(35)37-29(27-33)28-36-30(34)24-21-19-16-14-12-10-8-6-5-7-9-11-13-15-17-20-23-26-32/h5,7-8,10-11,13-14,16,29,32-33H,2-4,6,9,12,15,17-28H2,1H3/b7-5-,10-8-,13-11-,16-14-/t29-/m0/s1. The van der Waals surface area contributed by atoms with E-state index in [4.69, 9.17) is 14.6 Å². The third kappa shape index (κ3) is 26.7. The molecule has 0 amide bonds. The first-order chi connectivity index (χ1) is 18.1. The molecule has 0 rings (SSSR count). The van der Waals surface area contributed by atoms with E-state index >= 15 is 0 Å². The maximum Gasteiger partial charge on any atom is 0.306 e. The number of hydrogen-bond donors (Lipinski definition) is 2. The van der Waals surface area contributed by atoms with Gasteiger partial charge in [-0.05, 0) is 57.8 Å². The lowest BCUT2D eigenvalue weighted by Gasteiger charge is -2.15. The summed E-state index contributed by atoms with van der Waals surface area (Å²) in [6.45, 7) is 1.98. The molecule has 1 atom stereocenters. The van der Waals surface area contributed by atoms with E-state index in [9.17, 15) is 14.7 Å². The van der Waals surface area contributed by atoms with Crippen molar-refractivity contribution in [2.45, 2.75) is 116 Å². The Balaban J connectivity index is 3.72. The Kier molecular flexibility index (Phi) is 26.7. The summed E-state index contributed by atoms with van der Waals surface area (Å²) in [6, 6.07) is 0. The largest absolute Gasteiger partial charge is 0.462 e. The second-order valence-corrected chi connectivity index (χ2v) is 9.20. The van der Waals surface area contributed by atoms with Gasteiger partial charge in [-0.3, -0.25) is 9.59 Å². The molecule has 0 unspecified atom stereocenters. The third-order valence-electron chi connectivity index (χ3n) is 5.68. The van der Waals surface area contributed by atoms with Crippen molar-refractivity contribution in [3.8, 4) is 0 Å². The summed E-state index contributed by atoms with van der Waals surface area (Å²) in [6.07, 6.45) is 30.7. The molecular formula is C31H52O6. The Hall–Kier alpha value is -2.18. The van der Waals surface area contributed by atoms with Gasteiger partial charge in [-0.1, -0.05) is 87.6 Å². The van der Waals surface area contributed by atoms with E-state index in [0.717, 1.165) is 77.0 Å². The summed E-state index contributed by atoms with van der Waals surface area (Å²) < 4.78 is 10.4. The van der Waals surface area contributed by atoms with Crippen molar-refractivity contribution >= 4 is 11.9 Å². The van der Waals surface area contributed by atoms with Crippen LogP contribution in [0, 0.1) is 0 Å². The summed E-state index contributed by atoms with van der Waals surface area (Å²) >= 11 is 0. The zero-order valence-electron chi connectivity index (χ0n) is 23.2. The van der Waals surface area contributed by atoms with Crippen molar-refractivity contribution in [1.82, 2.24) is 0 Å². The van der Waals surface area contributed by atoms with Crippen LogP contribution in [0.2, 0.25) is 0 Å². The fourth-order valence-corrected chi connectivity index (χ4v) is 3.46. The number of carbonyl (C=O) groups is 2. The monoisotopic (exact) mass is 520 g/mol. The lowest BCUT2D eigenvalue weighted by molar-refractivity contribution is -0.161. The quantitative estimate of drug-likeness (QED) is 0.0771. The second-order valence-electron chi connectivity index (χ2n) is 9.20. The normalized spacial score (nSPS) is 12.8. The number of aliphatic hydroxyl groups excluding tert-OH is 2. The van der Waals surface area contributed by atoms with Crippen LogP contribution in [0.3, 0.4) is 0 Å². The molecular weight excluding hydrogens is 468 g/mol. The molecule has 0 radical (unpaired) electrons. The zero-order valence-corrected chi connectivity index (χ0v) is 23.2. The van der Waals surface area contributed by atoms with Crippen LogP contribution in [-0.4, -0.2) is 48.1 Å².